The van der Waals surface area contributed by atoms with Crippen LogP contribution in [0, 0.1) is 6.92 Å². The summed E-state index contributed by atoms with van der Waals surface area (Å²) in [7, 11) is 1.63. The van der Waals surface area contributed by atoms with Crippen molar-refractivity contribution in [2.45, 2.75) is 13.8 Å². The standard InChI is InChI=1S/C22H19N3O3S/c1-13-20(21(27)23-17-6-4-5-16(11-17)14(2)26)29-22-24-19(12-25(13)22)15-7-9-18(28-3)10-8-15/h4-12H,1-3H3,(H,23,27). The van der Waals surface area contributed by atoms with Gasteiger partial charge in [0.1, 0.15) is 10.6 Å². The van der Waals surface area contributed by atoms with Crippen molar-refractivity contribution in [3.8, 4) is 17.0 Å². The Morgan fingerprint density at radius 1 is 1.14 bits per heavy atom. The Morgan fingerprint density at radius 2 is 1.90 bits per heavy atom. The van der Waals surface area contributed by atoms with Crippen molar-refractivity contribution in [3.63, 3.8) is 0 Å². The highest BCUT2D eigenvalue weighted by Gasteiger charge is 2.18. The number of hydrogen-bond acceptors (Lipinski definition) is 5. The molecule has 0 radical (unpaired) electrons. The molecule has 0 aliphatic heterocycles. The summed E-state index contributed by atoms with van der Waals surface area (Å²) in [6.45, 7) is 3.39. The van der Waals surface area contributed by atoms with E-state index in [9.17, 15) is 9.59 Å². The zero-order valence-electron chi connectivity index (χ0n) is 16.2. The number of nitrogens with one attached hydrogen (secondary N) is 1. The highest BCUT2D eigenvalue weighted by Crippen LogP contribution is 2.28. The lowest BCUT2D eigenvalue weighted by Crippen LogP contribution is -2.12. The molecule has 0 atom stereocenters. The van der Waals surface area contributed by atoms with Crippen LogP contribution in [0.25, 0.3) is 16.2 Å². The van der Waals surface area contributed by atoms with Crippen LogP contribution in [0.1, 0.15) is 32.6 Å². The predicted octanol–water partition coefficient (Wildman–Crippen LogP) is 4.83. The van der Waals surface area contributed by atoms with Gasteiger partial charge in [0, 0.05) is 28.7 Å². The smallest absolute Gasteiger partial charge is 0.267 e. The summed E-state index contributed by atoms with van der Waals surface area (Å²) >= 11 is 1.33. The van der Waals surface area contributed by atoms with E-state index in [0.29, 0.717) is 16.1 Å². The summed E-state index contributed by atoms with van der Waals surface area (Å²) < 4.78 is 7.11. The molecule has 2 heterocycles. The van der Waals surface area contributed by atoms with Gasteiger partial charge in [0.2, 0.25) is 0 Å². The number of amides is 1. The first-order valence-corrected chi connectivity index (χ1v) is 9.83. The molecule has 29 heavy (non-hydrogen) atoms. The predicted molar refractivity (Wildman–Crippen MR) is 114 cm³/mol. The molecule has 0 saturated heterocycles. The second-order valence-corrected chi connectivity index (χ2v) is 7.59. The van der Waals surface area contributed by atoms with E-state index in [2.05, 4.69) is 10.3 Å². The lowest BCUT2D eigenvalue weighted by Gasteiger charge is -2.06. The molecule has 1 amide bonds. The Kier molecular flexibility index (Phi) is 4.90. The Morgan fingerprint density at radius 3 is 2.55 bits per heavy atom. The van der Waals surface area contributed by atoms with E-state index in [0.717, 1.165) is 27.7 Å². The van der Waals surface area contributed by atoms with Crippen LogP contribution in [-0.2, 0) is 0 Å². The maximum absolute atomic E-state index is 12.8. The number of benzene rings is 2. The number of carbonyl (C=O) groups excluding carboxylic acids is 2. The van der Waals surface area contributed by atoms with Gasteiger partial charge in [0.25, 0.3) is 5.91 Å². The second kappa shape index (κ2) is 7.52. The quantitative estimate of drug-likeness (QED) is 0.483. The Balaban J connectivity index is 1.60. The number of nitrogens with zero attached hydrogens (tertiary/aromatic N) is 2. The average Bonchev–Trinajstić information content (AvgIpc) is 3.28. The van der Waals surface area contributed by atoms with Gasteiger partial charge < -0.3 is 10.1 Å². The van der Waals surface area contributed by atoms with E-state index < -0.39 is 0 Å². The van der Waals surface area contributed by atoms with Crippen molar-refractivity contribution in [1.82, 2.24) is 9.38 Å². The molecule has 0 spiro atoms. The number of rotatable bonds is 5. The number of hydrogen-bond donors (Lipinski definition) is 1. The fraction of sp³-hybridized carbons (Fsp3) is 0.136. The summed E-state index contributed by atoms with van der Waals surface area (Å²) in [5, 5.41) is 2.87. The summed E-state index contributed by atoms with van der Waals surface area (Å²) in [6, 6.07) is 14.6. The van der Waals surface area contributed by atoms with E-state index in [1.165, 1.54) is 18.3 Å². The van der Waals surface area contributed by atoms with Crippen LogP contribution in [0.3, 0.4) is 0 Å². The van der Waals surface area contributed by atoms with Crippen LogP contribution in [0.15, 0.2) is 54.7 Å². The Labute approximate surface area is 171 Å². The van der Waals surface area contributed by atoms with Gasteiger partial charge in [0.15, 0.2) is 10.7 Å². The first-order valence-electron chi connectivity index (χ1n) is 9.01. The van der Waals surface area contributed by atoms with E-state index in [1.54, 1.807) is 31.4 Å². The molecule has 0 unspecified atom stereocenters. The monoisotopic (exact) mass is 405 g/mol. The van der Waals surface area contributed by atoms with Gasteiger partial charge in [-0.15, -0.1) is 0 Å². The Bertz CT molecular complexity index is 1220. The normalized spacial score (nSPS) is 10.9. The number of methoxy groups -OCH3 is 1. The molecule has 0 bridgehead atoms. The number of anilines is 1. The number of aryl methyl sites for hydroxylation is 1. The molecule has 0 fully saturated rings. The zero-order chi connectivity index (χ0) is 20.5. The number of imidazole rings is 1. The first-order chi connectivity index (χ1) is 14.0. The van der Waals surface area contributed by atoms with Crippen molar-refractivity contribution in [1.29, 1.82) is 0 Å². The second-order valence-electron chi connectivity index (χ2n) is 6.61. The molecule has 4 aromatic rings. The third-order valence-electron chi connectivity index (χ3n) is 4.68. The van der Waals surface area contributed by atoms with Gasteiger partial charge in [-0.25, -0.2) is 4.98 Å². The lowest BCUT2D eigenvalue weighted by atomic mass is 10.1. The number of ether oxygens (including phenoxy) is 1. The highest BCUT2D eigenvalue weighted by atomic mass is 32.1. The molecule has 0 aliphatic rings. The van der Waals surface area contributed by atoms with Gasteiger partial charge in [-0.1, -0.05) is 23.5 Å². The summed E-state index contributed by atoms with van der Waals surface area (Å²) in [5.41, 5.74) is 3.78. The highest BCUT2D eigenvalue weighted by molar-refractivity contribution is 7.19. The van der Waals surface area contributed by atoms with E-state index in [-0.39, 0.29) is 11.7 Å². The molecule has 1 N–H and O–H groups in total. The minimum atomic E-state index is -0.218. The number of ketones is 1. The zero-order valence-corrected chi connectivity index (χ0v) is 17.0. The molecule has 2 aromatic carbocycles. The number of Topliss-reactive ketones (excluding diaryl/α,β-unsaturated/α-hetero) is 1. The van der Waals surface area contributed by atoms with Gasteiger partial charge in [0.05, 0.1) is 12.8 Å². The summed E-state index contributed by atoms with van der Waals surface area (Å²) in [6.07, 6.45) is 1.93. The Hall–Kier alpha value is -3.45. The van der Waals surface area contributed by atoms with Crippen molar-refractivity contribution >= 4 is 33.7 Å². The van der Waals surface area contributed by atoms with Crippen LogP contribution in [-0.4, -0.2) is 28.2 Å². The fourth-order valence-corrected chi connectivity index (χ4v) is 4.07. The SMILES string of the molecule is COc1ccc(-c2cn3c(C)c(C(=O)Nc4cccc(C(C)=O)c4)sc3n2)cc1. The van der Waals surface area contributed by atoms with Gasteiger partial charge >= 0.3 is 0 Å². The molecule has 4 rings (SSSR count). The third kappa shape index (κ3) is 3.64. The molecule has 146 valence electrons. The molecule has 2 aromatic heterocycles. The van der Waals surface area contributed by atoms with E-state index in [4.69, 9.17) is 4.74 Å². The van der Waals surface area contributed by atoms with Crippen molar-refractivity contribution in [3.05, 3.63) is 70.9 Å². The van der Waals surface area contributed by atoms with Crippen LogP contribution < -0.4 is 10.1 Å². The van der Waals surface area contributed by atoms with Crippen LogP contribution in [0.5, 0.6) is 5.75 Å². The third-order valence-corrected chi connectivity index (χ3v) is 5.83. The van der Waals surface area contributed by atoms with Crippen LogP contribution in [0.4, 0.5) is 5.69 Å². The lowest BCUT2D eigenvalue weighted by molar-refractivity contribution is 0.101. The fourth-order valence-electron chi connectivity index (χ4n) is 3.07. The molecule has 0 saturated carbocycles. The molecule has 7 heteroatoms. The minimum Gasteiger partial charge on any atom is -0.497 e. The van der Waals surface area contributed by atoms with Crippen LogP contribution in [0.2, 0.25) is 0 Å². The summed E-state index contributed by atoms with van der Waals surface area (Å²) in [4.78, 5) is 30.3. The maximum Gasteiger partial charge on any atom is 0.267 e. The van der Waals surface area contributed by atoms with Crippen molar-refractivity contribution in [2.24, 2.45) is 0 Å². The molecular weight excluding hydrogens is 386 g/mol. The average molecular weight is 405 g/mol. The first kappa shape index (κ1) is 18.9. The van der Waals surface area contributed by atoms with E-state index >= 15 is 0 Å². The van der Waals surface area contributed by atoms with Crippen molar-refractivity contribution in [2.75, 3.05) is 12.4 Å². The largest absolute Gasteiger partial charge is 0.497 e. The number of thiazole rings is 1. The molecule has 0 aliphatic carbocycles. The molecule has 6 nitrogen and oxygen atoms in total. The molecular formula is C22H19N3O3S. The number of aromatic nitrogens is 2. The topological polar surface area (TPSA) is 72.7 Å². The number of carbonyl (C=O) groups is 2. The van der Waals surface area contributed by atoms with Gasteiger partial charge in [-0.2, -0.15) is 0 Å². The summed E-state index contributed by atoms with van der Waals surface area (Å²) in [5.74, 6) is 0.529. The van der Waals surface area contributed by atoms with Gasteiger partial charge in [-0.05, 0) is 50.2 Å². The number of fused-ring (bicyclic) bond motifs is 1. The van der Waals surface area contributed by atoms with Crippen molar-refractivity contribution < 1.29 is 14.3 Å². The van der Waals surface area contributed by atoms with Crippen LogP contribution >= 0.6 is 11.3 Å². The van der Waals surface area contributed by atoms with E-state index in [1.807, 2.05) is 41.8 Å². The minimum absolute atomic E-state index is 0.0436. The van der Waals surface area contributed by atoms with Gasteiger partial charge in [-0.3, -0.25) is 14.0 Å². The maximum atomic E-state index is 12.8.